The van der Waals surface area contributed by atoms with Gasteiger partial charge in [-0.1, -0.05) is 12.1 Å². The highest BCUT2D eigenvalue weighted by atomic mass is 35.5. The predicted molar refractivity (Wildman–Crippen MR) is 84.9 cm³/mol. The van der Waals surface area contributed by atoms with E-state index in [0.717, 1.165) is 38.0 Å². The molecule has 1 saturated heterocycles. The van der Waals surface area contributed by atoms with Crippen molar-refractivity contribution in [2.45, 2.75) is 25.3 Å². The van der Waals surface area contributed by atoms with Gasteiger partial charge in [0.1, 0.15) is 0 Å². The van der Waals surface area contributed by atoms with Crippen LogP contribution in [0.2, 0.25) is 0 Å². The predicted octanol–water partition coefficient (Wildman–Crippen LogP) is 2.40. The Hall–Kier alpha value is -0.880. The lowest BCUT2D eigenvalue weighted by Gasteiger charge is -2.30. The molecule has 1 aromatic rings. The maximum Gasteiger partial charge on any atom is 0.269 e. The van der Waals surface area contributed by atoms with Gasteiger partial charge in [-0.2, -0.15) is 0 Å². The van der Waals surface area contributed by atoms with Crippen LogP contribution in [0.15, 0.2) is 24.3 Å². The number of likely N-dealkylation sites (tertiary alicyclic amines) is 1. The van der Waals surface area contributed by atoms with E-state index >= 15 is 0 Å². The molecule has 2 N–H and O–H groups in total. The number of hydrogen-bond acceptors (Lipinski definition) is 4. The molecular formula is C13H21Cl2N3O2. The maximum atomic E-state index is 10.5. The van der Waals surface area contributed by atoms with Gasteiger partial charge in [-0.3, -0.25) is 10.1 Å². The maximum absolute atomic E-state index is 10.5. The summed E-state index contributed by atoms with van der Waals surface area (Å²) >= 11 is 0. The van der Waals surface area contributed by atoms with Gasteiger partial charge in [-0.25, -0.2) is 0 Å². The first-order valence-corrected chi connectivity index (χ1v) is 6.36. The Bertz CT molecular complexity index is 415. The molecule has 0 radical (unpaired) electrons. The highest BCUT2D eigenvalue weighted by molar-refractivity contribution is 5.85. The number of nitrogens with zero attached hydrogens (tertiary/aromatic N) is 2. The van der Waals surface area contributed by atoms with E-state index in [1.165, 1.54) is 6.42 Å². The molecule has 5 nitrogen and oxygen atoms in total. The molecule has 1 fully saturated rings. The molecule has 2 rings (SSSR count). The second-order valence-corrected chi connectivity index (χ2v) is 4.88. The second-order valence-electron chi connectivity index (χ2n) is 4.88. The number of non-ortho nitro benzene ring substituents is 1. The highest BCUT2D eigenvalue weighted by Gasteiger charge is 2.16. The average Bonchev–Trinajstić information content (AvgIpc) is 2.37. The third-order valence-electron chi connectivity index (χ3n) is 3.41. The van der Waals surface area contributed by atoms with Crippen LogP contribution in [0, 0.1) is 10.1 Å². The lowest BCUT2D eigenvalue weighted by Crippen LogP contribution is -2.43. The van der Waals surface area contributed by atoms with E-state index in [0.29, 0.717) is 6.04 Å². The average molecular weight is 322 g/mol. The van der Waals surface area contributed by atoms with E-state index in [2.05, 4.69) is 4.90 Å². The van der Waals surface area contributed by atoms with Crippen LogP contribution < -0.4 is 5.73 Å². The van der Waals surface area contributed by atoms with E-state index in [1.54, 1.807) is 12.1 Å². The summed E-state index contributed by atoms with van der Waals surface area (Å²) in [6.45, 7) is 3.05. The summed E-state index contributed by atoms with van der Waals surface area (Å²) in [4.78, 5) is 12.5. The van der Waals surface area contributed by atoms with Crippen LogP contribution in [-0.2, 0) is 6.42 Å². The number of hydrogen-bond donors (Lipinski definition) is 1. The normalized spacial score (nSPS) is 18.8. The Morgan fingerprint density at radius 2 is 1.95 bits per heavy atom. The third kappa shape index (κ3) is 5.63. The van der Waals surface area contributed by atoms with Crippen LogP contribution in [0.25, 0.3) is 0 Å². The van der Waals surface area contributed by atoms with Crippen molar-refractivity contribution in [3.8, 4) is 0 Å². The summed E-state index contributed by atoms with van der Waals surface area (Å²) < 4.78 is 0. The van der Waals surface area contributed by atoms with Gasteiger partial charge in [0.15, 0.2) is 0 Å². The Balaban J connectivity index is 0.00000180. The molecule has 0 saturated carbocycles. The molecule has 1 heterocycles. The lowest BCUT2D eigenvalue weighted by atomic mass is 10.1. The van der Waals surface area contributed by atoms with E-state index < -0.39 is 0 Å². The number of rotatable bonds is 4. The number of nitro groups is 1. The van der Waals surface area contributed by atoms with Crippen molar-refractivity contribution in [2.75, 3.05) is 19.6 Å². The fourth-order valence-electron chi connectivity index (χ4n) is 2.37. The van der Waals surface area contributed by atoms with E-state index in [1.807, 2.05) is 12.1 Å². The van der Waals surface area contributed by atoms with Crippen molar-refractivity contribution < 1.29 is 4.92 Å². The Morgan fingerprint density at radius 3 is 2.50 bits per heavy atom. The molecule has 1 aliphatic heterocycles. The zero-order valence-corrected chi connectivity index (χ0v) is 12.9. The summed E-state index contributed by atoms with van der Waals surface area (Å²) in [5.41, 5.74) is 7.22. The zero-order valence-electron chi connectivity index (χ0n) is 11.2. The number of piperidine rings is 1. The summed E-state index contributed by atoms with van der Waals surface area (Å²) in [5, 5.41) is 10.5. The Labute approximate surface area is 131 Å². The second kappa shape index (κ2) is 9.13. The van der Waals surface area contributed by atoms with Gasteiger partial charge in [0.05, 0.1) is 4.92 Å². The van der Waals surface area contributed by atoms with E-state index in [9.17, 15) is 10.1 Å². The smallest absolute Gasteiger partial charge is 0.269 e. The van der Waals surface area contributed by atoms with Crippen LogP contribution in [-0.4, -0.2) is 35.5 Å². The molecule has 0 aromatic heterocycles. The van der Waals surface area contributed by atoms with Crippen molar-refractivity contribution in [1.29, 1.82) is 0 Å². The standard InChI is InChI=1S/C13H19N3O2.2ClH/c14-12-2-1-8-15(10-12)9-7-11-3-5-13(6-4-11)16(17)18;;/h3-6,12H,1-2,7-10,14H2;2*1H/t12-;;/m1../s1. The van der Waals surface area contributed by atoms with E-state index in [4.69, 9.17) is 5.73 Å². The van der Waals surface area contributed by atoms with Crippen LogP contribution in [0.5, 0.6) is 0 Å². The molecule has 0 aliphatic carbocycles. The number of nitro benzene ring substituents is 1. The first-order valence-electron chi connectivity index (χ1n) is 6.36. The fraction of sp³-hybridized carbons (Fsp3) is 0.538. The van der Waals surface area contributed by atoms with Gasteiger partial charge in [0.2, 0.25) is 0 Å². The van der Waals surface area contributed by atoms with Gasteiger partial charge in [-0.05, 0) is 31.4 Å². The first kappa shape index (κ1) is 19.1. The minimum atomic E-state index is -0.368. The highest BCUT2D eigenvalue weighted by Crippen LogP contribution is 2.14. The number of halogens is 2. The fourth-order valence-corrected chi connectivity index (χ4v) is 2.37. The van der Waals surface area contributed by atoms with Crippen molar-refractivity contribution in [2.24, 2.45) is 5.73 Å². The molecule has 20 heavy (non-hydrogen) atoms. The molecule has 7 heteroatoms. The number of nitrogens with two attached hydrogens (primary N) is 1. The SMILES string of the molecule is Cl.Cl.N[C@@H]1CCCN(CCc2ccc([N+](=O)[O-])cc2)C1. The van der Waals surface area contributed by atoms with Crippen molar-refractivity contribution >= 4 is 30.5 Å². The molecule has 114 valence electrons. The van der Waals surface area contributed by atoms with Crippen molar-refractivity contribution in [3.63, 3.8) is 0 Å². The molecule has 0 spiro atoms. The van der Waals surface area contributed by atoms with Crippen molar-refractivity contribution in [1.82, 2.24) is 4.90 Å². The minimum Gasteiger partial charge on any atom is -0.327 e. The Morgan fingerprint density at radius 1 is 1.30 bits per heavy atom. The van der Waals surface area contributed by atoms with Gasteiger partial charge in [0.25, 0.3) is 5.69 Å². The van der Waals surface area contributed by atoms with Gasteiger partial charge < -0.3 is 10.6 Å². The van der Waals surface area contributed by atoms with E-state index in [-0.39, 0.29) is 35.4 Å². The Kier molecular flexibility index (Phi) is 8.73. The monoisotopic (exact) mass is 321 g/mol. The quantitative estimate of drug-likeness (QED) is 0.682. The molecule has 0 unspecified atom stereocenters. The summed E-state index contributed by atoms with van der Waals surface area (Å²) in [5.74, 6) is 0. The molecule has 1 aliphatic rings. The van der Waals surface area contributed by atoms with Gasteiger partial charge >= 0.3 is 0 Å². The molecular weight excluding hydrogens is 301 g/mol. The lowest BCUT2D eigenvalue weighted by molar-refractivity contribution is -0.384. The molecule has 1 aromatic carbocycles. The minimum absolute atomic E-state index is 0. The first-order chi connectivity index (χ1) is 8.65. The number of benzene rings is 1. The van der Waals surface area contributed by atoms with Crippen LogP contribution in [0.4, 0.5) is 5.69 Å². The van der Waals surface area contributed by atoms with Crippen LogP contribution in [0.3, 0.4) is 0 Å². The van der Waals surface area contributed by atoms with Gasteiger partial charge in [0, 0.05) is 31.3 Å². The zero-order chi connectivity index (χ0) is 13.0. The molecule has 0 bridgehead atoms. The largest absolute Gasteiger partial charge is 0.327 e. The summed E-state index contributed by atoms with van der Waals surface area (Å²) in [7, 11) is 0. The third-order valence-corrected chi connectivity index (χ3v) is 3.41. The molecule has 1 atom stereocenters. The topological polar surface area (TPSA) is 72.4 Å². The summed E-state index contributed by atoms with van der Waals surface area (Å²) in [6, 6.07) is 7.11. The van der Waals surface area contributed by atoms with Crippen LogP contribution in [0.1, 0.15) is 18.4 Å². The van der Waals surface area contributed by atoms with Gasteiger partial charge in [-0.15, -0.1) is 24.8 Å². The summed E-state index contributed by atoms with van der Waals surface area (Å²) in [6.07, 6.45) is 3.21. The van der Waals surface area contributed by atoms with Crippen LogP contribution >= 0.6 is 24.8 Å². The molecule has 0 amide bonds. The van der Waals surface area contributed by atoms with Crippen molar-refractivity contribution in [3.05, 3.63) is 39.9 Å².